The van der Waals surface area contributed by atoms with Gasteiger partial charge in [0.15, 0.2) is 5.58 Å². The van der Waals surface area contributed by atoms with E-state index >= 15 is 0 Å². The third-order valence-corrected chi connectivity index (χ3v) is 2.10. The number of aromatic nitrogens is 2. The van der Waals surface area contributed by atoms with Crippen LogP contribution in [0.3, 0.4) is 0 Å². The summed E-state index contributed by atoms with van der Waals surface area (Å²) in [5.74, 6) is 0.467. The van der Waals surface area contributed by atoms with E-state index in [0.29, 0.717) is 11.5 Å². The second-order valence-electron chi connectivity index (χ2n) is 3.22. The second-order valence-corrected chi connectivity index (χ2v) is 3.22. The Morgan fingerprint density at radius 2 is 1.88 bits per heavy atom. The van der Waals surface area contributed by atoms with Crippen LogP contribution in [0.1, 0.15) is 0 Å². The zero-order chi connectivity index (χ0) is 10.8. The molecule has 16 heavy (non-hydrogen) atoms. The molecule has 0 saturated heterocycles. The van der Waals surface area contributed by atoms with Crippen molar-refractivity contribution in [2.75, 3.05) is 0 Å². The van der Waals surface area contributed by atoms with Crippen LogP contribution in [0.15, 0.2) is 53.1 Å². The van der Waals surface area contributed by atoms with Crippen LogP contribution >= 0.6 is 0 Å². The Kier molecular flexibility index (Phi) is 2.04. The SMILES string of the molecule is c1ccc(Oc2nc3ccccc3o2)nc1. The molecule has 4 heteroatoms. The average molecular weight is 212 g/mol. The lowest BCUT2D eigenvalue weighted by molar-refractivity contribution is 0.333. The van der Waals surface area contributed by atoms with E-state index in [4.69, 9.17) is 9.15 Å². The molecule has 4 nitrogen and oxygen atoms in total. The lowest BCUT2D eigenvalue weighted by atomic mass is 10.3. The Morgan fingerprint density at radius 1 is 1.00 bits per heavy atom. The summed E-state index contributed by atoms with van der Waals surface area (Å²) in [6.45, 7) is 0. The van der Waals surface area contributed by atoms with E-state index in [9.17, 15) is 0 Å². The fraction of sp³-hybridized carbons (Fsp3) is 0. The quantitative estimate of drug-likeness (QED) is 0.655. The largest absolute Gasteiger partial charge is 0.409 e. The van der Waals surface area contributed by atoms with Crippen LogP contribution in [0.25, 0.3) is 11.1 Å². The molecule has 0 aliphatic heterocycles. The van der Waals surface area contributed by atoms with Gasteiger partial charge in [0.1, 0.15) is 5.52 Å². The number of para-hydroxylation sites is 2. The highest BCUT2D eigenvalue weighted by molar-refractivity contribution is 5.72. The number of benzene rings is 1. The van der Waals surface area contributed by atoms with Crippen molar-refractivity contribution in [1.29, 1.82) is 0 Å². The molecule has 3 rings (SSSR count). The summed E-state index contributed by atoms with van der Waals surface area (Å²) in [4.78, 5) is 8.20. The van der Waals surface area contributed by atoms with Gasteiger partial charge in [-0.3, -0.25) is 0 Å². The lowest BCUT2D eigenvalue weighted by Crippen LogP contribution is -1.85. The third-order valence-electron chi connectivity index (χ3n) is 2.10. The topological polar surface area (TPSA) is 48.2 Å². The van der Waals surface area contributed by atoms with Gasteiger partial charge < -0.3 is 9.15 Å². The molecule has 0 aliphatic carbocycles. The minimum atomic E-state index is 0.208. The minimum absolute atomic E-state index is 0.208. The van der Waals surface area contributed by atoms with E-state index in [2.05, 4.69) is 9.97 Å². The molecule has 2 aromatic heterocycles. The minimum Gasteiger partial charge on any atom is -0.409 e. The van der Waals surface area contributed by atoms with E-state index in [1.165, 1.54) is 0 Å². The molecule has 0 atom stereocenters. The highest BCUT2D eigenvalue weighted by Gasteiger charge is 2.06. The van der Waals surface area contributed by atoms with Gasteiger partial charge in [-0.05, 0) is 18.2 Å². The summed E-state index contributed by atoms with van der Waals surface area (Å²) < 4.78 is 10.8. The molecule has 0 aliphatic rings. The van der Waals surface area contributed by atoms with Crippen molar-refractivity contribution in [3.8, 4) is 12.0 Å². The molecule has 3 aromatic rings. The van der Waals surface area contributed by atoms with Crippen LogP contribution in [0.4, 0.5) is 0 Å². The van der Waals surface area contributed by atoms with Gasteiger partial charge in [0.2, 0.25) is 5.88 Å². The van der Waals surface area contributed by atoms with Crippen LogP contribution in [-0.2, 0) is 0 Å². The van der Waals surface area contributed by atoms with Crippen LogP contribution in [0.2, 0.25) is 0 Å². The summed E-state index contributed by atoms with van der Waals surface area (Å²) in [6.07, 6.45) is 1.86. The van der Waals surface area contributed by atoms with E-state index < -0.39 is 0 Å². The Hall–Kier alpha value is -2.36. The van der Waals surface area contributed by atoms with Crippen molar-refractivity contribution in [1.82, 2.24) is 9.97 Å². The van der Waals surface area contributed by atoms with E-state index in [0.717, 1.165) is 5.52 Å². The number of hydrogen-bond donors (Lipinski definition) is 0. The Bertz CT molecular complexity index is 571. The molecule has 0 saturated carbocycles. The maximum Gasteiger partial charge on any atom is 0.401 e. The van der Waals surface area contributed by atoms with E-state index in [1.54, 1.807) is 12.3 Å². The van der Waals surface area contributed by atoms with Crippen molar-refractivity contribution < 1.29 is 9.15 Å². The molecule has 0 amide bonds. The summed E-state index contributed by atoms with van der Waals surface area (Å²) in [6, 6.07) is 12.9. The Morgan fingerprint density at radius 3 is 2.69 bits per heavy atom. The first-order valence-corrected chi connectivity index (χ1v) is 4.86. The third kappa shape index (κ3) is 1.61. The van der Waals surface area contributed by atoms with Crippen LogP contribution in [-0.4, -0.2) is 9.97 Å². The highest BCUT2D eigenvalue weighted by Crippen LogP contribution is 2.23. The zero-order valence-corrected chi connectivity index (χ0v) is 8.33. The molecule has 0 radical (unpaired) electrons. The number of pyridine rings is 1. The second kappa shape index (κ2) is 3.66. The molecule has 0 bridgehead atoms. The van der Waals surface area contributed by atoms with Crippen molar-refractivity contribution in [3.63, 3.8) is 0 Å². The predicted octanol–water partition coefficient (Wildman–Crippen LogP) is 3.02. The normalized spacial score (nSPS) is 10.5. The van der Waals surface area contributed by atoms with Gasteiger partial charge >= 0.3 is 6.08 Å². The zero-order valence-electron chi connectivity index (χ0n) is 8.33. The molecular weight excluding hydrogens is 204 g/mol. The maximum atomic E-state index is 5.40. The average Bonchev–Trinajstić information content (AvgIpc) is 2.72. The van der Waals surface area contributed by atoms with Crippen LogP contribution in [0.5, 0.6) is 12.0 Å². The standard InChI is InChI=1S/C12H8N2O2/c1-2-6-10-9(5-1)14-12(15-10)16-11-7-3-4-8-13-11/h1-8H. The summed E-state index contributed by atoms with van der Waals surface area (Å²) in [7, 11) is 0. The first-order chi connectivity index (χ1) is 7.92. The maximum absolute atomic E-state index is 5.40. The van der Waals surface area contributed by atoms with Gasteiger partial charge in [-0.25, -0.2) is 4.98 Å². The van der Waals surface area contributed by atoms with Crippen molar-refractivity contribution in [2.45, 2.75) is 0 Å². The first kappa shape index (κ1) is 8.91. The summed E-state index contributed by atoms with van der Waals surface area (Å²) in [5, 5.41) is 0. The first-order valence-electron chi connectivity index (χ1n) is 4.86. The molecular formula is C12H8N2O2. The number of fused-ring (bicyclic) bond motifs is 1. The van der Waals surface area contributed by atoms with Gasteiger partial charge in [-0.15, -0.1) is 0 Å². The van der Waals surface area contributed by atoms with Crippen molar-refractivity contribution >= 4 is 11.1 Å². The number of oxazole rings is 1. The molecule has 2 heterocycles. The Balaban J connectivity index is 1.95. The summed E-state index contributed by atoms with van der Waals surface area (Å²) in [5.41, 5.74) is 1.47. The monoisotopic (exact) mass is 212 g/mol. The molecule has 1 aromatic carbocycles. The summed E-state index contributed by atoms with van der Waals surface area (Å²) >= 11 is 0. The molecule has 78 valence electrons. The molecule has 0 fully saturated rings. The molecule has 0 unspecified atom stereocenters. The van der Waals surface area contributed by atoms with Gasteiger partial charge in [-0.2, -0.15) is 4.98 Å². The van der Waals surface area contributed by atoms with Crippen molar-refractivity contribution in [2.24, 2.45) is 0 Å². The number of nitrogens with zero attached hydrogens (tertiary/aromatic N) is 2. The lowest BCUT2D eigenvalue weighted by Gasteiger charge is -1.96. The van der Waals surface area contributed by atoms with Gasteiger partial charge in [-0.1, -0.05) is 18.2 Å². The smallest absolute Gasteiger partial charge is 0.401 e. The fourth-order valence-corrected chi connectivity index (χ4v) is 1.39. The number of hydrogen-bond acceptors (Lipinski definition) is 4. The predicted molar refractivity (Wildman–Crippen MR) is 58.3 cm³/mol. The van der Waals surface area contributed by atoms with Gasteiger partial charge in [0, 0.05) is 12.3 Å². The highest BCUT2D eigenvalue weighted by atomic mass is 16.6. The van der Waals surface area contributed by atoms with Gasteiger partial charge in [0.05, 0.1) is 0 Å². The van der Waals surface area contributed by atoms with Crippen LogP contribution in [0, 0.1) is 0 Å². The number of ether oxygens (including phenoxy) is 1. The molecule has 0 spiro atoms. The fourth-order valence-electron chi connectivity index (χ4n) is 1.39. The number of rotatable bonds is 2. The van der Waals surface area contributed by atoms with E-state index in [1.807, 2.05) is 36.4 Å². The Labute approximate surface area is 91.5 Å². The van der Waals surface area contributed by atoms with Crippen molar-refractivity contribution in [3.05, 3.63) is 48.7 Å². The van der Waals surface area contributed by atoms with Gasteiger partial charge in [0.25, 0.3) is 0 Å². The van der Waals surface area contributed by atoms with E-state index in [-0.39, 0.29) is 6.08 Å². The molecule has 0 N–H and O–H groups in total. The van der Waals surface area contributed by atoms with Crippen LogP contribution < -0.4 is 4.74 Å².